The molecule has 2 N–H and O–H groups in total. The highest BCUT2D eigenvalue weighted by molar-refractivity contribution is 7.92. The Morgan fingerprint density at radius 1 is 0.913 bits per heavy atom. The second-order valence-corrected chi connectivity index (χ2v) is 13.2. The van der Waals surface area contributed by atoms with Gasteiger partial charge in [-0.3, -0.25) is 4.31 Å². The molecule has 0 aliphatic carbocycles. The van der Waals surface area contributed by atoms with Crippen molar-refractivity contribution in [3.63, 3.8) is 0 Å². The number of methoxy groups -OCH3 is 2. The van der Waals surface area contributed by atoms with Crippen LogP contribution in [0.25, 0.3) is 0 Å². The monoisotopic (exact) mass is 645 g/mol. The van der Waals surface area contributed by atoms with Crippen LogP contribution >= 0.6 is 0 Å². The minimum atomic E-state index is -3.49. The van der Waals surface area contributed by atoms with Gasteiger partial charge in [-0.25, -0.2) is 8.42 Å². The lowest BCUT2D eigenvalue weighted by molar-refractivity contribution is 0.122. The average Bonchev–Trinajstić information content (AvgIpc) is 3.47. The van der Waals surface area contributed by atoms with E-state index in [-0.39, 0.29) is 0 Å². The Labute approximate surface area is 270 Å². The zero-order valence-corrected chi connectivity index (χ0v) is 27.3. The van der Waals surface area contributed by atoms with E-state index >= 15 is 0 Å². The van der Waals surface area contributed by atoms with Crippen molar-refractivity contribution in [1.82, 2.24) is 9.97 Å². The van der Waals surface area contributed by atoms with Gasteiger partial charge in [0.1, 0.15) is 23.1 Å². The number of benzene rings is 3. The number of anilines is 7. The minimum absolute atomic E-state index is 0.384. The zero-order valence-electron chi connectivity index (χ0n) is 26.5. The van der Waals surface area contributed by atoms with Gasteiger partial charge in [0, 0.05) is 50.5 Å². The molecule has 1 aromatic heterocycles. The molecular weight excluding hydrogens is 606 g/mol. The van der Waals surface area contributed by atoms with E-state index in [0.717, 1.165) is 60.1 Å². The highest BCUT2D eigenvalue weighted by atomic mass is 32.2. The van der Waals surface area contributed by atoms with Gasteiger partial charge < -0.3 is 34.6 Å². The summed E-state index contributed by atoms with van der Waals surface area (Å²) in [6.45, 7) is 4.42. The number of sulfonamides is 1. The number of hydrogen-bond donors (Lipinski definition) is 2. The lowest BCUT2D eigenvalue weighted by atomic mass is 10.2. The van der Waals surface area contributed by atoms with Crippen molar-refractivity contribution in [1.29, 1.82) is 0 Å². The number of rotatable bonds is 11. The quantitative estimate of drug-likeness (QED) is 0.235. The molecule has 242 valence electrons. The topological polar surface area (TPSA) is 121 Å². The predicted molar refractivity (Wildman–Crippen MR) is 182 cm³/mol. The smallest absolute Gasteiger partial charge is 0.232 e. The van der Waals surface area contributed by atoms with Crippen LogP contribution in [0.3, 0.4) is 0 Å². The summed E-state index contributed by atoms with van der Waals surface area (Å²) in [5.74, 6) is 3.25. The van der Waals surface area contributed by atoms with Crippen LogP contribution in [0.5, 0.6) is 11.5 Å². The highest BCUT2D eigenvalue weighted by Gasteiger charge is 2.27. The van der Waals surface area contributed by atoms with E-state index in [1.54, 1.807) is 20.3 Å². The fourth-order valence-corrected chi connectivity index (χ4v) is 6.18. The molecular formula is C33H39N7O5S. The average molecular weight is 646 g/mol. The van der Waals surface area contributed by atoms with Crippen molar-refractivity contribution in [3.05, 3.63) is 77.9 Å². The van der Waals surface area contributed by atoms with Crippen LogP contribution < -0.4 is 34.2 Å². The normalized spacial score (nSPS) is 14.5. The summed E-state index contributed by atoms with van der Waals surface area (Å²) in [4.78, 5) is 14.4. The van der Waals surface area contributed by atoms with Gasteiger partial charge in [0.05, 0.1) is 50.8 Å². The van der Waals surface area contributed by atoms with E-state index in [4.69, 9.17) is 24.2 Å². The van der Waals surface area contributed by atoms with E-state index in [1.807, 2.05) is 42.5 Å². The van der Waals surface area contributed by atoms with Gasteiger partial charge in [-0.2, -0.15) is 9.97 Å². The van der Waals surface area contributed by atoms with E-state index in [2.05, 4.69) is 38.6 Å². The Morgan fingerprint density at radius 3 is 2.39 bits per heavy atom. The molecule has 3 heterocycles. The van der Waals surface area contributed by atoms with Crippen molar-refractivity contribution >= 4 is 50.4 Å². The molecule has 2 aliphatic heterocycles. The fourth-order valence-electron chi connectivity index (χ4n) is 5.66. The molecule has 46 heavy (non-hydrogen) atoms. The third-order valence-electron chi connectivity index (χ3n) is 8.25. The molecule has 0 atom stereocenters. The number of nitrogens with one attached hydrogen (secondary N) is 2. The van der Waals surface area contributed by atoms with E-state index in [0.29, 0.717) is 48.6 Å². The number of fused-ring (bicyclic) bond motifs is 1. The Morgan fingerprint density at radius 2 is 1.67 bits per heavy atom. The first-order valence-electron chi connectivity index (χ1n) is 15.1. The number of nitrogens with zero attached hydrogens (tertiary/aromatic N) is 5. The maximum atomic E-state index is 12.5. The van der Waals surface area contributed by atoms with E-state index < -0.39 is 10.0 Å². The molecule has 4 aromatic rings. The molecule has 0 unspecified atom stereocenters. The van der Waals surface area contributed by atoms with Crippen LogP contribution in [-0.4, -0.2) is 78.8 Å². The van der Waals surface area contributed by atoms with Crippen molar-refractivity contribution in [3.8, 4) is 11.5 Å². The van der Waals surface area contributed by atoms with Gasteiger partial charge >= 0.3 is 0 Å². The first-order chi connectivity index (χ1) is 22.2. The second-order valence-electron chi connectivity index (χ2n) is 11.2. The first kappa shape index (κ1) is 31.2. The van der Waals surface area contributed by atoms with Crippen LogP contribution in [-0.2, 0) is 27.7 Å². The van der Waals surface area contributed by atoms with Crippen LogP contribution in [0, 0.1) is 0 Å². The van der Waals surface area contributed by atoms with Crippen molar-refractivity contribution < 1.29 is 22.6 Å². The van der Waals surface area contributed by atoms with Crippen LogP contribution in [0.2, 0.25) is 0 Å². The van der Waals surface area contributed by atoms with Crippen LogP contribution in [0.15, 0.2) is 66.7 Å². The van der Waals surface area contributed by atoms with Gasteiger partial charge in [-0.05, 0) is 48.4 Å². The van der Waals surface area contributed by atoms with Crippen LogP contribution in [0.4, 0.5) is 40.3 Å². The number of ether oxygens (including phenoxy) is 3. The van der Waals surface area contributed by atoms with Gasteiger partial charge in [0.2, 0.25) is 16.0 Å². The van der Waals surface area contributed by atoms with E-state index in [1.165, 1.54) is 17.6 Å². The summed E-state index contributed by atoms with van der Waals surface area (Å²) in [5, 5.41) is 6.83. The van der Waals surface area contributed by atoms with Crippen LogP contribution in [0.1, 0.15) is 11.1 Å². The van der Waals surface area contributed by atoms with Crippen molar-refractivity contribution in [2.45, 2.75) is 13.0 Å². The first-order valence-corrected chi connectivity index (χ1v) is 16.9. The maximum absolute atomic E-state index is 12.5. The Hall–Kier alpha value is -4.75. The summed E-state index contributed by atoms with van der Waals surface area (Å²) >= 11 is 0. The standard InChI is InChI=1S/C33H39N7O5S/c1-38(46(4,41)42)29-8-6-5-7-27(29)34-31-26-15-16-40(22-23-9-12-25(43-2)13-10-23)32(26)37-33(36-31)35-28-14-11-24(21-30(28)44-3)39-17-19-45-20-18-39/h5-14,21H,15-20,22H2,1-4H3,(H2,34,35,36,37). The van der Waals surface area contributed by atoms with Gasteiger partial charge in [-0.15, -0.1) is 0 Å². The molecule has 0 bridgehead atoms. The largest absolute Gasteiger partial charge is 0.497 e. The molecule has 0 radical (unpaired) electrons. The summed E-state index contributed by atoms with van der Waals surface area (Å²) < 4.78 is 42.8. The fraction of sp³-hybridized carbons (Fsp3) is 0.333. The summed E-state index contributed by atoms with van der Waals surface area (Å²) in [6, 6.07) is 21.3. The molecule has 13 heteroatoms. The summed E-state index contributed by atoms with van der Waals surface area (Å²) in [6.07, 6.45) is 1.90. The molecule has 1 fully saturated rings. The van der Waals surface area contributed by atoms with Gasteiger partial charge in [0.15, 0.2) is 0 Å². The third-order valence-corrected chi connectivity index (χ3v) is 9.44. The Bertz CT molecular complexity index is 1800. The number of hydrogen-bond acceptors (Lipinski definition) is 11. The summed E-state index contributed by atoms with van der Waals surface area (Å²) in [7, 11) is 1.35. The second kappa shape index (κ2) is 13.3. The minimum Gasteiger partial charge on any atom is -0.497 e. The van der Waals surface area contributed by atoms with Gasteiger partial charge in [0.25, 0.3) is 0 Å². The third kappa shape index (κ3) is 6.75. The number of morpholine rings is 1. The molecule has 0 spiro atoms. The summed E-state index contributed by atoms with van der Waals surface area (Å²) in [5.41, 5.74) is 4.98. The maximum Gasteiger partial charge on any atom is 0.232 e. The molecule has 12 nitrogen and oxygen atoms in total. The van der Waals surface area contributed by atoms with Crippen molar-refractivity contribution in [2.75, 3.05) is 85.1 Å². The van der Waals surface area contributed by atoms with Crippen molar-refractivity contribution in [2.24, 2.45) is 0 Å². The molecule has 0 saturated carbocycles. The molecule has 3 aromatic carbocycles. The van der Waals surface area contributed by atoms with E-state index in [9.17, 15) is 8.42 Å². The lowest BCUT2D eigenvalue weighted by Gasteiger charge is -2.29. The highest BCUT2D eigenvalue weighted by Crippen LogP contribution is 2.39. The lowest BCUT2D eigenvalue weighted by Crippen LogP contribution is -2.36. The number of para-hydroxylation sites is 2. The van der Waals surface area contributed by atoms with Gasteiger partial charge in [-0.1, -0.05) is 24.3 Å². The molecule has 0 amide bonds. The zero-order chi connectivity index (χ0) is 32.3. The SMILES string of the molecule is COc1ccc(CN2CCc3c(Nc4ccccc4N(C)S(C)(=O)=O)nc(Nc4ccc(N5CCOCC5)cc4OC)nc32)cc1. The number of aromatic nitrogens is 2. The Balaban J connectivity index is 1.37. The molecule has 1 saturated heterocycles. The molecule has 6 rings (SSSR count). The predicted octanol–water partition coefficient (Wildman–Crippen LogP) is 4.78. The molecule has 2 aliphatic rings. The Kier molecular flexibility index (Phi) is 9.04.